The van der Waals surface area contributed by atoms with E-state index in [9.17, 15) is 14.0 Å². The van der Waals surface area contributed by atoms with Gasteiger partial charge in [0.2, 0.25) is 0 Å². The molecule has 1 amide bonds. The molecule has 31 heavy (non-hydrogen) atoms. The lowest BCUT2D eigenvalue weighted by Gasteiger charge is -2.12. The maximum Gasteiger partial charge on any atom is 0.306 e. The highest BCUT2D eigenvalue weighted by atomic mass is 35.5. The highest BCUT2D eigenvalue weighted by Crippen LogP contribution is 2.30. The minimum Gasteiger partial charge on any atom is -0.495 e. The third-order valence-electron chi connectivity index (χ3n) is 4.34. The normalized spacial score (nSPS) is 10.6. The number of amides is 1. The van der Waals surface area contributed by atoms with Crippen molar-refractivity contribution in [2.45, 2.75) is 19.8 Å². The van der Waals surface area contributed by atoms with E-state index < -0.39 is 18.5 Å². The Balaban J connectivity index is 1.47. The Morgan fingerprint density at radius 1 is 1.23 bits per heavy atom. The highest BCUT2D eigenvalue weighted by molar-refractivity contribution is 6.31. The van der Waals surface area contributed by atoms with Gasteiger partial charge in [-0.1, -0.05) is 11.6 Å². The molecule has 0 aliphatic rings. The van der Waals surface area contributed by atoms with E-state index in [0.717, 1.165) is 5.56 Å². The number of methoxy groups -OCH3 is 1. The van der Waals surface area contributed by atoms with E-state index in [-0.39, 0.29) is 18.7 Å². The zero-order chi connectivity index (χ0) is 22.4. The van der Waals surface area contributed by atoms with Crippen molar-refractivity contribution in [2.75, 3.05) is 19.0 Å². The number of nitrogens with zero attached hydrogens (tertiary/aromatic N) is 1. The van der Waals surface area contributed by atoms with Gasteiger partial charge in [0.15, 0.2) is 18.3 Å². The number of oxazole rings is 1. The number of benzene rings is 2. The highest BCUT2D eigenvalue weighted by Gasteiger charge is 2.14. The molecule has 1 heterocycles. The van der Waals surface area contributed by atoms with Crippen LogP contribution in [-0.2, 0) is 20.7 Å². The van der Waals surface area contributed by atoms with Gasteiger partial charge in [0, 0.05) is 23.1 Å². The van der Waals surface area contributed by atoms with Crippen molar-refractivity contribution >= 4 is 29.2 Å². The number of aromatic nitrogens is 1. The molecule has 162 valence electrons. The van der Waals surface area contributed by atoms with Crippen molar-refractivity contribution in [1.82, 2.24) is 4.98 Å². The zero-order valence-corrected chi connectivity index (χ0v) is 17.7. The number of aryl methyl sites for hydroxylation is 2. The average molecular weight is 447 g/mol. The van der Waals surface area contributed by atoms with Gasteiger partial charge in [0.25, 0.3) is 5.91 Å². The average Bonchev–Trinajstić information content (AvgIpc) is 3.22. The molecule has 0 aliphatic carbocycles. The van der Waals surface area contributed by atoms with E-state index in [2.05, 4.69) is 10.3 Å². The molecule has 7 nitrogen and oxygen atoms in total. The van der Waals surface area contributed by atoms with Gasteiger partial charge in [0.05, 0.1) is 25.4 Å². The number of hydrogen-bond donors (Lipinski definition) is 1. The van der Waals surface area contributed by atoms with Crippen LogP contribution in [0, 0.1) is 12.7 Å². The number of ether oxygens (including phenoxy) is 2. The molecule has 0 unspecified atom stereocenters. The topological polar surface area (TPSA) is 90.7 Å². The van der Waals surface area contributed by atoms with Gasteiger partial charge in [-0.2, -0.15) is 0 Å². The fourth-order valence-corrected chi connectivity index (χ4v) is 2.87. The Bertz CT molecular complexity index is 1080. The summed E-state index contributed by atoms with van der Waals surface area (Å²) in [5.41, 5.74) is 1.87. The van der Waals surface area contributed by atoms with Crippen LogP contribution in [0.2, 0.25) is 5.02 Å². The van der Waals surface area contributed by atoms with Crippen molar-refractivity contribution in [3.05, 3.63) is 64.9 Å². The summed E-state index contributed by atoms with van der Waals surface area (Å²) in [6.07, 6.45) is 1.69. The number of hydrogen-bond acceptors (Lipinski definition) is 6. The van der Waals surface area contributed by atoms with Gasteiger partial charge < -0.3 is 19.2 Å². The minimum atomic E-state index is -0.573. The van der Waals surface area contributed by atoms with E-state index >= 15 is 0 Å². The molecule has 1 N–H and O–H groups in total. The summed E-state index contributed by atoms with van der Waals surface area (Å²) < 4.78 is 28.8. The van der Waals surface area contributed by atoms with Gasteiger partial charge in [0.1, 0.15) is 11.6 Å². The monoisotopic (exact) mass is 446 g/mol. The number of rotatable bonds is 8. The standard InChI is InChI=1S/C22H20ClFN2O5/c1-13-9-17(18(29-2)10-16(13)23)26-20(27)12-30-22(28)8-7-21-25-11-19(31-21)14-3-5-15(24)6-4-14/h3-6,9-11H,7-8,12H2,1-2H3,(H,26,27). The minimum absolute atomic E-state index is 0.0139. The van der Waals surface area contributed by atoms with Crippen molar-refractivity contribution in [1.29, 1.82) is 0 Å². The third kappa shape index (κ3) is 6.05. The molecule has 0 saturated heterocycles. The summed E-state index contributed by atoms with van der Waals surface area (Å²) in [6.45, 7) is 1.34. The van der Waals surface area contributed by atoms with Crippen LogP contribution in [0.3, 0.4) is 0 Å². The molecule has 2 aromatic carbocycles. The predicted octanol–water partition coefficient (Wildman–Crippen LogP) is 4.57. The maximum absolute atomic E-state index is 13.0. The Morgan fingerprint density at radius 2 is 1.97 bits per heavy atom. The molecule has 0 bridgehead atoms. The Labute approximate surface area is 183 Å². The summed E-state index contributed by atoms with van der Waals surface area (Å²) in [5.74, 6) is -0.230. The maximum atomic E-state index is 13.0. The molecule has 0 atom stereocenters. The van der Waals surface area contributed by atoms with Crippen LogP contribution in [0.1, 0.15) is 17.9 Å². The lowest BCUT2D eigenvalue weighted by Crippen LogP contribution is -2.21. The van der Waals surface area contributed by atoms with E-state index in [0.29, 0.717) is 33.7 Å². The molecule has 9 heteroatoms. The first-order valence-electron chi connectivity index (χ1n) is 9.36. The second-order valence-corrected chi connectivity index (χ2v) is 7.04. The van der Waals surface area contributed by atoms with Gasteiger partial charge in [-0.3, -0.25) is 9.59 Å². The molecular weight excluding hydrogens is 427 g/mol. The molecular formula is C22H20ClFN2O5. The SMILES string of the molecule is COc1cc(Cl)c(C)cc1NC(=O)COC(=O)CCc1ncc(-c2ccc(F)cc2)o1. The van der Waals surface area contributed by atoms with Crippen LogP contribution < -0.4 is 10.1 Å². The number of anilines is 1. The molecule has 3 rings (SSSR count). The van der Waals surface area contributed by atoms with Gasteiger partial charge in [-0.25, -0.2) is 9.37 Å². The van der Waals surface area contributed by atoms with E-state index in [1.807, 2.05) is 0 Å². The number of carbonyl (C=O) groups is 2. The molecule has 0 radical (unpaired) electrons. The number of carbonyl (C=O) groups excluding carboxylic acids is 2. The summed E-state index contributed by atoms with van der Waals surface area (Å²) >= 11 is 6.04. The third-order valence-corrected chi connectivity index (χ3v) is 4.75. The van der Waals surface area contributed by atoms with E-state index in [4.69, 9.17) is 25.5 Å². The molecule has 1 aromatic heterocycles. The number of nitrogens with one attached hydrogen (secondary N) is 1. The largest absolute Gasteiger partial charge is 0.495 e. The first kappa shape index (κ1) is 22.3. The molecule has 0 aliphatic heterocycles. The summed E-state index contributed by atoms with van der Waals surface area (Å²) in [4.78, 5) is 28.2. The van der Waals surface area contributed by atoms with E-state index in [1.54, 1.807) is 31.2 Å². The second-order valence-electron chi connectivity index (χ2n) is 6.64. The van der Waals surface area contributed by atoms with Crippen LogP contribution in [0.15, 0.2) is 47.0 Å². The van der Waals surface area contributed by atoms with Crippen LogP contribution in [0.5, 0.6) is 5.75 Å². The second kappa shape index (κ2) is 10.1. The smallest absolute Gasteiger partial charge is 0.306 e. The first-order chi connectivity index (χ1) is 14.9. The van der Waals surface area contributed by atoms with Crippen LogP contribution in [-0.4, -0.2) is 30.6 Å². The predicted molar refractivity (Wildman–Crippen MR) is 113 cm³/mol. The van der Waals surface area contributed by atoms with Crippen molar-refractivity contribution in [3.8, 4) is 17.1 Å². The molecule has 0 spiro atoms. The molecule has 0 fully saturated rings. The van der Waals surface area contributed by atoms with Crippen LogP contribution in [0.25, 0.3) is 11.3 Å². The Morgan fingerprint density at radius 3 is 2.68 bits per heavy atom. The Hall–Kier alpha value is -3.39. The van der Waals surface area contributed by atoms with Crippen molar-refractivity contribution in [2.24, 2.45) is 0 Å². The summed E-state index contributed by atoms with van der Waals surface area (Å²) in [6, 6.07) is 9.05. The lowest BCUT2D eigenvalue weighted by atomic mass is 10.2. The van der Waals surface area contributed by atoms with Gasteiger partial charge in [-0.05, 0) is 42.8 Å². The molecule has 3 aromatic rings. The number of esters is 1. The summed E-state index contributed by atoms with van der Waals surface area (Å²) in [7, 11) is 1.46. The fraction of sp³-hybridized carbons (Fsp3) is 0.227. The summed E-state index contributed by atoms with van der Waals surface area (Å²) in [5, 5.41) is 3.14. The quantitative estimate of drug-likeness (QED) is 0.510. The van der Waals surface area contributed by atoms with Crippen LogP contribution in [0.4, 0.5) is 10.1 Å². The lowest BCUT2D eigenvalue weighted by molar-refractivity contribution is -0.147. The van der Waals surface area contributed by atoms with Crippen LogP contribution >= 0.6 is 11.6 Å². The first-order valence-corrected chi connectivity index (χ1v) is 9.73. The molecule has 0 saturated carbocycles. The van der Waals surface area contributed by atoms with Gasteiger partial charge >= 0.3 is 5.97 Å². The zero-order valence-electron chi connectivity index (χ0n) is 16.9. The van der Waals surface area contributed by atoms with Crippen molar-refractivity contribution in [3.63, 3.8) is 0 Å². The van der Waals surface area contributed by atoms with E-state index in [1.165, 1.54) is 25.4 Å². The fourth-order valence-electron chi connectivity index (χ4n) is 2.72. The van der Waals surface area contributed by atoms with Gasteiger partial charge in [-0.15, -0.1) is 0 Å². The number of halogens is 2. The van der Waals surface area contributed by atoms with Crippen molar-refractivity contribution < 1.29 is 27.9 Å². The Kier molecular flexibility index (Phi) is 7.25.